The Morgan fingerprint density at radius 1 is 0.612 bits per heavy atom. The van der Waals surface area contributed by atoms with E-state index in [2.05, 4.69) is 64.5 Å². The lowest BCUT2D eigenvalue weighted by molar-refractivity contribution is -0.159. The number of alkyl carbamates (subject to hydrolysis) is 2. The van der Waals surface area contributed by atoms with Gasteiger partial charge in [-0.25, -0.2) is 19.4 Å². The molecule has 348 valence electrons. The summed E-state index contributed by atoms with van der Waals surface area (Å²) in [6.45, 7) is 11.0. The highest BCUT2D eigenvalue weighted by Crippen LogP contribution is 2.45. The fourth-order valence-corrected chi connectivity index (χ4v) is 8.71. The molecular formula is C55H61N5O7. The topological polar surface area (TPSA) is 150 Å². The number of ether oxygens (including phenoxy) is 3. The van der Waals surface area contributed by atoms with Crippen LogP contribution in [0, 0.1) is 0 Å². The third kappa shape index (κ3) is 11.8. The van der Waals surface area contributed by atoms with Crippen molar-refractivity contribution < 1.29 is 33.4 Å². The summed E-state index contributed by atoms with van der Waals surface area (Å²) in [5, 5.41) is 8.49. The van der Waals surface area contributed by atoms with E-state index in [9.17, 15) is 19.2 Å². The van der Waals surface area contributed by atoms with Gasteiger partial charge in [0.1, 0.15) is 35.4 Å². The first-order valence-corrected chi connectivity index (χ1v) is 22.9. The number of esters is 1. The first kappa shape index (κ1) is 47.7. The monoisotopic (exact) mass is 903 g/mol. The summed E-state index contributed by atoms with van der Waals surface area (Å²) in [5.74, 6) is -1.45. The van der Waals surface area contributed by atoms with Gasteiger partial charge in [0.25, 0.3) is 0 Å². The molecule has 1 aromatic heterocycles. The molecule has 0 aliphatic heterocycles. The maximum absolute atomic E-state index is 14.6. The number of carbonyl (C=O) groups is 4. The lowest BCUT2D eigenvalue weighted by Gasteiger charge is -2.37. The van der Waals surface area contributed by atoms with Gasteiger partial charge >= 0.3 is 18.2 Å². The van der Waals surface area contributed by atoms with Crippen LogP contribution in [-0.2, 0) is 35.8 Å². The molecule has 3 N–H and O–H groups in total. The van der Waals surface area contributed by atoms with Gasteiger partial charge < -0.3 is 34.7 Å². The Labute approximate surface area is 393 Å². The molecule has 7 rings (SSSR count). The van der Waals surface area contributed by atoms with Gasteiger partial charge in [-0.1, -0.05) is 140 Å². The third-order valence-electron chi connectivity index (χ3n) is 11.6. The number of fused-ring (bicyclic) bond motifs is 3. The zero-order valence-electron chi connectivity index (χ0n) is 39.2. The Bertz CT molecular complexity index is 2480. The number of carbonyl (C=O) groups excluding carboxylic acids is 4. The van der Waals surface area contributed by atoms with E-state index in [4.69, 9.17) is 19.2 Å². The van der Waals surface area contributed by atoms with Crippen LogP contribution in [0.5, 0.6) is 0 Å². The second-order valence-electron chi connectivity index (χ2n) is 18.8. The van der Waals surface area contributed by atoms with E-state index in [-0.39, 0.29) is 25.4 Å². The Morgan fingerprint density at radius 2 is 1.12 bits per heavy atom. The van der Waals surface area contributed by atoms with Crippen LogP contribution in [0.1, 0.15) is 100 Å². The fourth-order valence-electron chi connectivity index (χ4n) is 8.71. The second-order valence-corrected chi connectivity index (χ2v) is 18.8. The maximum atomic E-state index is 14.6. The maximum Gasteiger partial charge on any atom is 0.407 e. The standard InChI is InChI=1S/C55H61N5O7/c1-53(2,3)66-50(62)47(32-20-21-33-56-51(63)67-54(4,5)6)58-49(61)48(59-52(64)65-36-46-44-30-18-16-28-42(44)43-29-17-19-31-45(43)46)34-41-35-60(37-57-41)55(38-22-10-7-11-23-38,39-24-12-8-13-25-39)40-26-14-9-15-27-40/h7-19,22-31,35,37,46-48H,20-21,32-34,36H2,1-6H3,(H,56,63)(H,58,61)(H,59,64)/t47-,48-/m0/s1. The molecule has 0 saturated carbocycles. The van der Waals surface area contributed by atoms with Crippen LogP contribution >= 0.6 is 0 Å². The number of nitrogens with one attached hydrogen (secondary N) is 3. The van der Waals surface area contributed by atoms with E-state index in [0.29, 0.717) is 25.1 Å². The highest BCUT2D eigenvalue weighted by atomic mass is 16.6. The zero-order valence-corrected chi connectivity index (χ0v) is 39.2. The quantitative estimate of drug-likeness (QED) is 0.0355. The van der Waals surface area contributed by atoms with Gasteiger partial charge in [-0.05, 0) is 99.7 Å². The van der Waals surface area contributed by atoms with Crippen molar-refractivity contribution in [2.75, 3.05) is 13.2 Å². The molecule has 0 saturated heterocycles. The molecule has 1 aliphatic carbocycles. The molecule has 0 spiro atoms. The Hall–Kier alpha value is -7.21. The molecular weight excluding hydrogens is 843 g/mol. The number of rotatable bonds is 17. The zero-order chi connectivity index (χ0) is 47.6. The smallest absolute Gasteiger partial charge is 0.407 e. The van der Waals surface area contributed by atoms with Crippen molar-refractivity contribution in [2.24, 2.45) is 0 Å². The van der Waals surface area contributed by atoms with Crippen molar-refractivity contribution >= 4 is 24.1 Å². The summed E-state index contributed by atoms with van der Waals surface area (Å²) in [6.07, 6.45) is 3.43. The van der Waals surface area contributed by atoms with Crippen LogP contribution in [0.2, 0.25) is 0 Å². The molecule has 6 aromatic rings. The van der Waals surface area contributed by atoms with Crippen molar-refractivity contribution in [1.82, 2.24) is 25.5 Å². The summed E-state index contributed by atoms with van der Waals surface area (Å²) >= 11 is 0. The minimum atomic E-state index is -1.22. The lowest BCUT2D eigenvalue weighted by atomic mass is 9.77. The van der Waals surface area contributed by atoms with Crippen molar-refractivity contribution in [1.29, 1.82) is 0 Å². The summed E-state index contributed by atoms with van der Waals surface area (Å²) < 4.78 is 19.1. The molecule has 0 fully saturated rings. The summed E-state index contributed by atoms with van der Waals surface area (Å²) in [6, 6.07) is 44.3. The molecule has 0 radical (unpaired) electrons. The fraction of sp³-hybridized carbons (Fsp3) is 0.327. The minimum Gasteiger partial charge on any atom is -0.458 e. The SMILES string of the molecule is CC(C)(C)OC(=O)NCCCC[C@H](NC(=O)[C@H](Cc1cn(C(c2ccccc2)(c2ccccc2)c2ccccc2)cn1)NC(=O)OCC1c2ccccc2-c2ccccc21)C(=O)OC(C)(C)C. The van der Waals surface area contributed by atoms with Gasteiger partial charge in [-0.15, -0.1) is 0 Å². The molecule has 12 heteroatoms. The van der Waals surface area contributed by atoms with Gasteiger partial charge in [-0.3, -0.25) is 4.79 Å². The molecule has 0 unspecified atom stereocenters. The van der Waals surface area contributed by atoms with Crippen molar-refractivity contribution in [2.45, 2.75) is 102 Å². The number of hydrogen-bond donors (Lipinski definition) is 3. The summed E-state index contributed by atoms with van der Waals surface area (Å²) in [4.78, 5) is 59.5. The van der Waals surface area contributed by atoms with E-state index >= 15 is 0 Å². The molecule has 67 heavy (non-hydrogen) atoms. The van der Waals surface area contributed by atoms with Crippen molar-refractivity contribution in [3.8, 4) is 11.1 Å². The largest absolute Gasteiger partial charge is 0.458 e. The van der Waals surface area contributed by atoms with Crippen LogP contribution < -0.4 is 16.0 Å². The summed E-state index contributed by atoms with van der Waals surface area (Å²) in [7, 11) is 0. The molecule has 1 aliphatic rings. The Balaban J connectivity index is 1.17. The van der Waals surface area contributed by atoms with Gasteiger partial charge in [-0.2, -0.15) is 0 Å². The molecule has 0 bridgehead atoms. The number of aromatic nitrogens is 2. The Morgan fingerprint density at radius 3 is 1.64 bits per heavy atom. The molecule has 3 amide bonds. The molecule has 12 nitrogen and oxygen atoms in total. The number of benzene rings is 5. The average molecular weight is 904 g/mol. The highest BCUT2D eigenvalue weighted by molar-refractivity contribution is 5.90. The predicted octanol–water partition coefficient (Wildman–Crippen LogP) is 9.69. The number of nitrogens with zero attached hydrogens (tertiary/aromatic N) is 2. The van der Waals surface area contributed by atoms with Crippen LogP contribution in [0.15, 0.2) is 152 Å². The van der Waals surface area contributed by atoms with Crippen LogP contribution in [0.25, 0.3) is 11.1 Å². The van der Waals surface area contributed by atoms with E-state index in [1.165, 1.54) is 0 Å². The van der Waals surface area contributed by atoms with Crippen molar-refractivity contribution in [3.63, 3.8) is 0 Å². The van der Waals surface area contributed by atoms with Gasteiger partial charge in [0.2, 0.25) is 5.91 Å². The molecule has 2 atom stereocenters. The first-order chi connectivity index (χ1) is 32.1. The third-order valence-corrected chi connectivity index (χ3v) is 11.6. The average Bonchev–Trinajstić information content (AvgIpc) is 3.90. The van der Waals surface area contributed by atoms with Crippen LogP contribution in [-0.4, -0.2) is 70.1 Å². The number of imidazole rings is 1. The highest BCUT2D eigenvalue weighted by Gasteiger charge is 2.39. The second kappa shape index (κ2) is 21.0. The van der Waals surface area contributed by atoms with E-state index in [0.717, 1.165) is 38.9 Å². The number of amides is 3. The van der Waals surface area contributed by atoms with Gasteiger partial charge in [0, 0.05) is 25.1 Å². The first-order valence-electron chi connectivity index (χ1n) is 22.9. The van der Waals surface area contributed by atoms with Crippen molar-refractivity contribution in [3.05, 3.63) is 186 Å². The van der Waals surface area contributed by atoms with E-state index < -0.39 is 52.9 Å². The van der Waals surface area contributed by atoms with Gasteiger partial charge in [0.05, 0.1) is 12.0 Å². The number of hydrogen-bond acceptors (Lipinski definition) is 8. The number of unbranched alkanes of at least 4 members (excludes halogenated alkanes) is 1. The van der Waals surface area contributed by atoms with E-state index in [1.54, 1.807) is 47.9 Å². The van der Waals surface area contributed by atoms with Gasteiger partial charge in [0.15, 0.2) is 0 Å². The summed E-state index contributed by atoms with van der Waals surface area (Å²) in [5.41, 5.74) is 5.41. The van der Waals surface area contributed by atoms with Crippen LogP contribution in [0.3, 0.4) is 0 Å². The van der Waals surface area contributed by atoms with Crippen LogP contribution in [0.4, 0.5) is 9.59 Å². The normalized spacial score (nSPS) is 13.3. The van der Waals surface area contributed by atoms with E-state index in [1.807, 2.05) is 102 Å². The lowest BCUT2D eigenvalue weighted by Crippen LogP contribution is -2.53. The predicted molar refractivity (Wildman–Crippen MR) is 258 cm³/mol. The molecule has 1 heterocycles. The Kier molecular flexibility index (Phi) is 14.9. The molecule has 5 aromatic carbocycles. The minimum absolute atomic E-state index is 0.0361.